The van der Waals surface area contributed by atoms with Gasteiger partial charge >= 0.3 is 0 Å². The largest absolute Gasteiger partial charge is 0.392 e. The van der Waals surface area contributed by atoms with Gasteiger partial charge in [0.05, 0.1) is 12.3 Å². The third-order valence-corrected chi connectivity index (χ3v) is 5.11. The summed E-state index contributed by atoms with van der Waals surface area (Å²) < 4.78 is 0. The Morgan fingerprint density at radius 3 is 2.77 bits per heavy atom. The Labute approximate surface area is 155 Å². The van der Waals surface area contributed by atoms with Crippen LogP contribution in [0.4, 0.5) is 11.8 Å². The van der Waals surface area contributed by atoms with Gasteiger partial charge in [0.2, 0.25) is 5.95 Å². The number of nitrogens with one attached hydrogen (secondary N) is 2. The molecule has 3 N–H and O–H groups in total. The van der Waals surface area contributed by atoms with Crippen LogP contribution < -0.4 is 10.6 Å². The number of nitriles is 1. The number of aromatic nitrogens is 3. The normalized spacial score (nSPS) is 20.7. The molecule has 0 amide bonds. The highest BCUT2D eigenvalue weighted by molar-refractivity contribution is 5.54. The second-order valence-corrected chi connectivity index (χ2v) is 7.32. The molecule has 1 fully saturated rings. The summed E-state index contributed by atoms with van der Waals surface area (Å²) in [6.07, 6.45) is 4.50. The molecule has 1 aliphatic carbocycles. The van der Waals surface area contributed by atoms with Gasteiger partial charge in [-0.15, -0.1) is 0 Å². The lowest BCUT2D eigenvalue weighted by Crippen LogP contribution is -2.57. The first kappa shape index (κ1) is 18.1. The molecule has 1 saturated carbocycles. The topological polar surface area (TPSA) is 107 Å². The van der Waals surface area contributed by atoms with Crippen LogP contribution in [-0.4, -0.2) is 38.7 Å². The fourth-order valence-electron chi connectivity index (χ4n) is 2.94. The van der Waals surface area contributed by atoms with E-state index in [0.717, 1.165) is 17.7 Å². The van der Waals surface area contributed by atoms with Gasteiger partial charge in [-0.2, -0.15) is 10.2 Å². The predicted molar refractivity (Wildman–Crippen MR) is 102 cm³/mol. The Morgan fingerprint density at radius 1 is 1.35 bits per heavy atom. The first-order valence-corrected chi connectivity index (χ1v) is 8.77. The monoisotopic (exact) mass is 354 g/mol. The highest BCUT2D eigenvalue weighted by atomic mass is 16.3. The van der Waals surface area contributed by atoms with E-state index in [2.05, 4.69) is 37.7 Å². The Morgan fingerprint density at radius 2 is 2.15 bits per heavy atom. The number of anilines is 2. The van der Waals surface area contributed by atoms with E-state index < -0.39 is 0 Å². The molecule has 0 radical (unpaired) electrons. The lowest BCUT2D eigenvalue weighted by molar-refractivity contribution is -0.0511. The second-order valence-electron chi connectivity index (χ2n) is 7.32. The average Bonchev–Trinajstić information content (AvgIpc) is 2.63. The minimum absolute atomic E-state index is 0. The molecule has 138 valence electrons. The summed E-state index contributed by atoms with van der Waals surface area (Å²) in [5, 5.41) is 25.7. The predicted octanol–water partition coefficient (Wildman–Crippen LogP) is 2.52. The zero-order valence-corrected chi connectivity index (χ0v) is 15.3. The molecule has 0 aliphatic heterocycles. The van der Waals surface area contributed by atoms with E-state index in [1.54, 1.807) is 0 Å². The van der Waals surface area contributed by atoms with Gasteiger partial charge in [0, 0.05) is 31.3 Å². The zero-order chi connectivity index (χ0) is 18.7. The van der Waals surface area contributed by atoms with Crippen LogP contribution in [0.15, 0.2) is 24.5 Å². The first-order valence-electron chi connectivity index (χ1n) is 8.77. The van der Waals surface area contributed by atoms with Crippen molar-refractivity contribution in [3.05, 3.63) is 41.3 Å². The lowest BCUT2D eigenvalue weighted by atomic mass is 9.64. The van der Waals surface area contributed by atoms with Crippen molar-refractivity contribution >= 4 is 11.8 Å². The first-order chi connectivity index (χ1) is 12.4. The van der Waals surface area contributed by atoms with Crippen molar-refractivity contribution in [2.75, 3.05) is 17.2 Å². The van der Waals surface area contributed by atoms with Gasteiger partial charge in [-0.25, -0.2) is 4.98 Å². The fourth-order valence-corrected chi connectivity index (χ4v) is 2.94. The molecule has 0 unspecified atom stereocenters. The zero-order valence-electron chi connectivity index (χ0n) is 15.3. The maximum absolute atomic E-state index is 9.89. The maximum Gasteiger partial charge on any atom is 0.224 e. The van der Waals surface area contributed by atoms with E-state index in [0.29, 0.717) is 30.3 Å². The van der Waals surface area contributed by atoms with Crippen molar-refractivity contribution in [2.45, 2.75) is 45.8 Å². The van der Waals surface area contributed by atoms with Crippen LogP contribution in [0.2, 0.25) is 0 Å². The molecular weight excluding hydrogens is 328 g/mol. The minimum Gasteiger partial charge on any atom is -0.392 e. The number of aryl methyl sites for hydroxylation is 1. The van der Waals surface area contributed by atoms with Gasteiger partial charge in [-0.05, 0) is 31.4 Å². The van der Waals surface area contributed by atoms with Crippen molar-refractivity contribution in [1.29, 1.82) is 5.26 Å². The maximum atomic E-state index is 9.89. The van der Waals surface area contributed by atoms with Crippen LogP contribution in [0.25, 0.3) is 0 Å². The van der Waals surface area contributed by atoms with Gasteiger partial charge in [0.25, 0.3) is 0 Å². The smallest absolute Gasteiger partial charge is 0.224 e. The molecule has 0 bridgehead atoms. The summed E-state index contributed by atoms with van der Waals surface area (Å²) in [6, 6.07) is 6.24. The molecule has 3 rings (SSSR count). The molecule has 7 nitrogen and oxygen atoms in total. The fraction of sp³-hybridized carbons (Fsp3) is 0.474. The molecule has 2 aromatic heterocycles. The van der Waals surface area contributed by atoms with Crippen molar-refractivity contribution < 1.29 is 6.53 Å². The Balaban J connectivity index is 0.00000261. The van der Waals surface area contributed by atoms with Crippen molar-refractivity contribution in [2.24, 2.45) is 5.41 Å². The van der Waals surface area contributed by atoms with Crippen LogP contribution in [0.3, 0.4) is 0 Å². The van der Waals surface area contributed by atoms with E-state index in [9.17, 15) is 10.4 Å². The van der Waals surface area contributed by atoms with Crippen LogP contribution >= 0.6 is 0 Å². The quantitative estimate of drug-likeness (QED) is 0.731. The third-order valence-electron chi connectivity index (χ3n) is 5.11. The highest BCUT2D eigenvalue weighted by Gasteiger charge is 2.47. The summed E-state index contributed by atoms with van der Waals surface area (Å²) >= 11 is 0. The molecule has 26 heavy (non-hydrogen) atoms. The number of hydrogen-bond acceptors (Lipinski definition) is 7. The summed E-state index contributed by atoms with van der Waals surface area (Å²) in [5.74, 6) is 0.983. The third kappa shape index (κ3) is 3.75. The number of pyridine rings is 1. The van der Waals surface area contributed by atoms with Crippen molar-refractivity contribution in [1.82, 2.24) is 15.0 Å². The van der Waals surface area contributed by atoms with Gasteiger partial charge in [0.1, 0.15) is 17.5 Å². The number of aliphatic hydroxyl groups is 1. The molecule has 2 aromatic rings. The molecule has 0 saturated heterocycles. The van der Waals surface area contributed by atoms with Crippen molar-refractivity contribution in [3.8, 4) is 6.07 Å². The van der Waals surface area contributed by atoms with E-state index >= 15 is 0 Å². The van der Waals surface area contributed by atoms with Gasteiger partial charge in [-0.1, -0.05) is 19.9 Å². The summed E-state index contributed by atoms with van der Waals surface area (Å²) in [7, 11) is 0. The van der Waals surface area contributed by atoms with Gasteiger partial charge in [-0.3, -0.25) is 4.98 Å². The summed E-state index contributed by atoms with van der Waals surface area (Å²) in [6.45, 7) is 6.63. The molecule has 7 heteroatoms. The molecule has 1 aliphatic rings. The highest BCUT2D eigenvalue weighted by Crippen LogP contribution is 2.42. The number of aliphatic hydroxyl groups excluding tert-OH is 1. The van der Waals surface area contributed by atoms with Crippen molar-refractivity contribution in [3.63, 3.8) is 0 Å². The molecule has 0 spiro atoms. The average molecular weight is 354 g/mol. The van der Waals surface area contributed by atoms with Crippen LogP contribution in [0.5, 0.6) is 0 Å². The van der Waals surface area contributed by atoms with Crippen LogP contribution in [0.1, 0.15) is 38.5 Å². The SMILES string of the molecule is Cc1ccc(CCNc2ncc(C#N)c(N[C@@H]3C[C@H](O)C3(C)C)n2)cn1.[HH]. The van der Waals surface area contributed by atoms with E-state index in [-0.39, 0.29) is 19.0 Å². The Kier molecular flexibility index (Phi) is 5.05. The van der Waals surface area contributed by atoms with Crippen LogP contribution in [0, 0.1) is 23.7 Å². The molecular formula is C19H26N6O. The lowest BCUT2D eigenvalue weighted by Gasteiger charge is -2.49. The van der Waals surface area contributed by atoms with E-state index in [1.165, 1.54) is 6.20 Å². The Bertz CT molecular complexity index is 818. The van der Waals surface area contributed by atoms with Gasteiger partial charge in [0.15, 0.2) is 0 Å². The van der Waals surface area contributed by atoms with E-state index in [1.807, 2.05) is 33.0 Å². The summed E-state index contributed by atoms with van der Waals surface area (Å²) in [4.78, 5) is 12.9. The van der Waals surface area contributed by atoms with Crippen LogP contribution in [-0.2, 0) is 6.42 Å². The standard InChI is InChI=1S/C19H24N6O.H2/c1-12-4-5-13(10-22-12)6-7-21-18-23-11-14(9-20)17(25-18)24-15-8-16(26)19(15,2)3;/h4-5,10-11,15-16,26H,6-8H2,1-3H3,(H2,21,23,24,25);1H/t15-,16+;/m1./s1. The Hall–Kier alpha value is -2.72. The number of nitrogens with zero attached hydrogens (tertiary/aromatic N) is 4. The molecule has 2 heterocycles. The summed E-state index contributed by atoms with van der Waals surface area (Å²) in [5.41, 5.74) is 2.29. The molecule has 0 aromatic carbocycles. The number of hydrogen-bond donors (Lipinski definition) is 3. The van der Waals surface area contributed by atoms with Gasteiger partial charge < -0.3 is 15.7 Å². The molecule has 2 atom stereocenters. The second kappa shape index (κ2) is 7.26. The number of rotatable bonds is 6. The van der Waals surface area contributed by atoms with E-state index in [4.69, 9.17) is 0 Å². The minimum atomic E-state index is -0.340.